The van der Waals surface area contributed by atoms with Crippen molar-refractivity contribution in [1.82, 2.24) is 14.7 Å². The molecule has 0 aliphatic carbocycles. The first-order valence-corrected chi connectivity index (χ1v) is 14.4. The molecule has 2 aromatic heterocycles. The number of hydrogen-bond acceptors (Lipinski definition) is 5. The molecule has 1 aliphatic heterocycles. The van der Waals surface area contributed by atoms with Gasteiger partial charge >= 0.3 is 6.36 Å². The zero-order valence-corrected chi connectivity index (χ0v) is 24.8. The van der Waals surface area contributed by atoms with E-state index < -0.39 is 17.7 Å². The molecule has 43 heavy (non-hydrogen) atoms. The molecule has 1 N–H and O–H groups in total. The van der Waals surface area contributed by atoms with Gasteiger partial charge in [0.1, 0.15) is 22.9 Å². The van der Waals surface area contributed by atoms with E-state index in [1.807, 2.05) is 18.7 Å². The van der Waals surface area contributed by atoms with Crippen LogP contribution in [0.1, 0.15) is 48.9 Å². The first-order valence-electron chi connectivity index (χ1n) is 14.0. The van der Waals surface area contributed by atoms with Crippen molar-refractivity contribution >= 4 is 34.5 Å². The molecule has 0 unspecified atom stereocenters. The number of aryl methyl sites for hydroxylation is 1. The number of amides is 1. The molecule has 0 bridgehead atoms. The van der Waals surface area contributed by atoms with Crippen molar-refractivity contribution in [3.63, 3.8) is 0 Å². The predicted molar refractivity (Wildman–Crippen MR) is 159 cm³/mol. The van der Waals surface area contributed by atoms with Gasteiger partial charge in [0.2, 0.25) is 0 Å². The lowest BCUT2D eigenvalue weighted by atomic mass is 9.91. The van der Waals surface area contributed by atoms with E-state index in [4.69, 9.17) is 11.6 Å². The first-order chi connectivity index (χ1) is 20.4. The van der Waals surface area contributed by atoms with E-state index in [2.05, 4.69) is 26.9 Å². The average Bonchev–Trinajstić information content (AvgIpc) is 3.33. The second-order valence-electron chi connectivity index (χ2n) is 10.8. The second-order valence-corrected chi connectivity index (χ2v) is 11.2. The van der Waals surface area contributed by atoms with Crippen molar-refractivity contribution in [2.45, 2.75) is 52.1 Å². The number of anilines is 2. The zero-order chi connectivity index (χ0) is 30.9. The van der Waals surface area contributed by atoms with Crippen LogP contribution in [0.2, 0.25) is 5.02 Å². The molecule has 7 nitrogen and oxygen atoms in total. The zero-order valence-electron chi connectivity index (χ0n) is 24.0. The van der Waals surface area contributed by atoms with Crippen LogP contribution >= 0.6 is 11.6 Å². The highest BCUT2D eigenvalue weighted by atomic mass is 35.5. The molecule has 1 fully saturated rings. The Morgan fingerprint density at radius 3 is 2.49 bits per heavy atom. The topological polar surface area (TPSA) is 62.1 Å². The van der Waals surface area contributed by atoms with Gasteiger partial charge in [0.15, 0.2) is 0 Å². The molecule has 2 aromatic carbocycles. The average molecular weight is 618 g/mol. The second kappa shape index (κ2) is 11.9. The molecule has 1 saturated heterocycles. The third-order valence-electron chi connectivity index (χ3n) is 7.93. The maximum absolute atomic E-state index is 15.5. The lowest BCUT2D eigenvalue weighted by molar-refractivity contribution is -0.274. The first kappa shape index (κ1) is 30.5. The summed E-state index contributed by atoms with van der Waals surface area (Å²) in [4.78, 5) is 21.8. The molecule has 5 rings (SSSR count). The van der Waals surface area contributed by atoms with Crippen molar-refractivity contribution in [3.05, 3.63) is 88.6 Å². The van der Waals surface area contributed by atoms with Gasteiger partial charge < -0.3 is 19.9 Å². The Hall–Kier alpha value is -3.99. The number of carbonyl (C=O) groups is 1. The number of nitrogens with zero attached hydrogens (tertiary/aromatic N) is 4. The maximum atomic E-state index is 15.5. The number of carbonyl (C=O) groups excluding carboxylic acids is 1. The SMILES string of the molecule is CCc1nc2ccc(Cl)cn2c1C(=O)NCc1ccc(N2CCN(c3ccc(OC(F)(F)F)cc3)[C@](C)(CC)C2)c(F)c1. The van der Waals surface area contributed by atoms with Gasteiger partial charge in [0.05, 0.1) is 21.9 Å². The van der Waals surface area contributed by atoms with Crippen molar-refractivity contribution in [1.29, 1.82) is 0 Å². The Morgan fingerprint density at radius 1 is 1.09 bits per heavy atom. The number of ether oxygens (including phenoxy) is 1. The van der Waals surface area contributed by atoms with E-state index in [0.29, 0.717) is 59.4 Å². The van der Waals surface area contributed by atoms with Crippen LogP contribution in [0.4, 0.5) is 28.9 Å². The number of halogens is 5. The summed E-state index contributed by atoms with van der Waals surface area (Å²) in [6, 6.07) is 14.2. The molecule has 0 saturated carbocycles. The van der Waals surface area contributed by atoms with Gasteiger partial charge in [-0.1, -0.05) is 31.5 Å². The fourth-order valence-corrected chi connectivity index (χ4v) is 5.74. The lowest BCUT2D eigenvalue weighted by Gasteiger charge is -2.51. The van der Waals surface area contributed by atoms with Crippen molar-refractivity contribution in [3.8, 4) is 5.75 Å². The van der Waals surface area contributed by atoms with E-state index in [1.165, 1.54) is 18.2 Å². The Kier molecular flexibility index (Phi) is 8.47. The summed E-state index contributed by atoms with van der Waals surface area (Å²) >= 11 is 6.14. The molecular weight excluding hydrogens is 586 g/mol. The quantitative estimate of drug-likeness (QED) is 0.216. The fourth-order valence-electron chi connectivity index (χ4n) is 5.58. The van der Waals surface area contributed by atoms with E-state index in [1.54, 1.807) is 47.0 Å². The third kappa shape index (κ3) is 6.51. The molecular formula is C31H32ClF4N5O2. The summed E-state index contributed by atoms with van der Waals surface area (Å²) in [7, 11) is 0. The van der Waals surface area contributed by atoms with E-state index in [9.17, 15) is 18.0 Å². The van der Waals surface area contributed by atoms with Crippen LogP contribution in [0.3, 0.4) is 0 Å². The number of hydrogen-bond donors (Lipinski definition) is 1. The summed E-state index contributed by atoms with van der Waals surface area (Å²) in [6.07, 6.45) is -1.82. The van der Waals surface area contributed by atoms with Crippen molar-refractivity contribution < 1.29 is 27.1 Å². The minimum Gasteiger partial charge on any atom is -0.406 e. The molecule has 1 atom stereocenters. The van der Waals surface area contributed by atoms with Crippen molar-refractivity contribution in [2.75, 3.05) is 29.4 Å². The van der Waals surface area contributed by atoms with E-state index in [0.717, 1.165) is 12.1 Å². The van der Waals surface area contributed by atoms with Crippen LogP contribution in [-0.4, -0.2) is 46.8 Å². The van der Waals surface area contributed by atoms with Crippen LogP contribution < -0.4 is 19.9 Å². The number of benzene rings is 2. The molecule has 3 heterocycles. The van der Waals surface area contributed by atoms with Gasteiger partial charge in [-0.25, -0.2) is 9.37 Å². The number of pyridine rings is 1. The summed E-state index contributed by atoms with van der Waals surface area (Å²) < 4.78 is 58.8. The number of alkyl halides is 3. The van der Waals surface area contributed by atoms with Crippen LogP contribution in [0.25, 0.3) is 5.65 Å². The number of rotatable bonds is 8. The van der Waals surface area contributed by atoms with Gasteiger partial charge in [-0.3, -0.25) is 9.20 Å². The standard InChI is InChI=1S/C31H32ClF4N5O2/c1-4-25-28(40-18-21(32)7-13-27(40)38-25)29(42)37-17-20-6-12-26(24(33)16-20)39-14-15-41(30(3,5-2)19-39)22-8-10-23(11-9-22)43-31(34,35)36/h6-13,16,18H,4-5,14-15,17,19H2,1-3H3,(H,37,42)/t30-/m1/s1. The normalized spacial score (nSPS) is 17.4. The number of imidazole rings is 1. The Morgan fingerprint density at radius 2 is 1.84 bits per heavy atom. The Labute approximate surface area is 252 Å². The van der Waals surface area contributed by atoms with Crippen LogP contribution in [-0.2, 0) is 13.0 Å². The predicted octanol–water partition coefficient (Wildman–Crippen LogP) is 7.01. The van der Waals surface area contributed by atoms with Gasteiger partial charge in [-0.15, -0.1) is 13.2 Å². The largest absolute Gasteiger partial charge is 0.573 e. The highest BCUT2D eigenvalue weighted by Gasteiger charge is 2.37. The summed E-state index contributed by atoms with van der Waals surface area (Å²) in [5.41, 5.74) is 3.09. The summed E-state index contributed by atoms with van der Waals surface area (Å²) in [5, 5.41) is 3.35. The fraction of sp³-hybridized carbons (Fsp3) is 0.355. The van der Waals surface area contributed by atoms with Crippen molar-refractivity contribution in [2.24, 2.45) is 0 Å². The maximum Gasteiger partial charge on any atom is 0.573 e. The Bertz CT molecular complexity index is 1630. The Balaban J connectivity index is 1.27. The number of piperazine rings is 1. The number of nitrogens with one attached hydrogen (secondary N) is 1. The minimum atomic E-state index is -4.75. The van der Waals surface area contributed by atoms with E-state index in [-0.39, 0.29) is 18.2 Å². The molecule has 0 spiro atoms. The van der Waals surface area contributed by atoms with Gasteiger partial charge in [0.25, 0.3) is 5.91 Å². The molecule has 0 radical (unpaired) electrons. The minimum absolute atomic E-state index is 0.126. The van der Waals surface area contributed by atoms with Gasteiger partial charge in [-0.05, 0) is 73.9 Å². The van der Waals surface area contributed by atoms with Crippen LogP contribution in [0.15, 0.2) is 60.8 Å². The third-order valence-corrected chi connectivity index (χ3v) is 8.15. The monoisotopic (exact) mass is 617 g/mol. The molecule has 228 valence electrons. The smallest absolute Gasteiger partial charge is 0.406 e. The highest BCUT2D eigenvalue weighted by molar-refractivity contribution is 6.30. The van der Waals surface area contributed by atoms with Crippen LogP contribution in [0.5, 0.6) is 5.75 Å². The van der Waals surface area contributed by atoms with Gasteiger partial charge in [-0.2, -0.15) is 0 Å². The summed E-state index contributed by atoms with van der Waals surface area (Å²) in [5.74, 6) is -1.01. The molecule has 4 aromatic rings. The summed E-state index contributed by atoms with van der Waals surface area (Å²) in [6.45, 7) is 7.70. The molecule has 1 aliphatic rings. The van der Waals surface area contributed by atoms with Gasteiger partial charge in [0, 0.05) is 38.1 Å². The molecule has 1 amide bonds. The molecule has 12 heteroatoms. The van der Waals surface area contributed by atoms with Crippen LogP contribution in [0, 0.1) is 5.82 Å². The number of aromatic nitrogens is 2. The number of fused-ring (bicyclic) bond motifs is 1. The lowest BCUT2D eigenvalue weighted by Crippen LogP contribution is -2.61. The van der Waals surface area contributed by atoms with E-state index >= 15 is 4.39 Å². The highest BCUT2D eigenvalue weighted by Crippen LogP contribution is 2.35.